The van der Waals surface area contributed by atoms with Crippen molar-refractivity contribution in [3.63, 3.8) is 0 Å². The van der Waals surface area contributed by atoms with Gasteiger partial charge >= 0.3 is 5.97 Å². The van der Waals surface area contributed by atoms with Crippen molar-refractivity contribution in [2.75, 3.05) is 6.79 Å². The van der Waals surface area contributed by atoms with Crippen molar-refractivity contribution in [1.82, 2.24) is 0 Å². The lowest BCUT2D eigenvalue weighted by Gasteiger charge is -2.07. The summed E-state index contributed by atoms with van der Waals surface area (Å²) < 4.78 is 4.59. The van der Waals surface area contributed by atoms with Crippen LogP contribution in [0.25, 0.3) is 0 Å². The highest BCUT2D eigenvalue weighted by Crippen LogP contribution is 2.33. The van der Waals surface area contributed by atoms with Gasteiger partial charge in [-0.15, -0.1) is 0 Å². The van der Waals surface area contributed by atoms with Crippen LogP contribution >= 0.6 is 0 Å². The maximum Gasteiger partial charge on any atom is 0.340 e. The predicted octanol–water partition coefficient (Wildman–Crippen LogP) is 1.75. The Morgan fingerprint density at radius 1 is 1.40 bits per heavy atom. The minimum atomic E-state index is -0.559. The molecule has 0 atom stereocenters. The molecule has 2 rings (SSSR count). The highest BCUT2D eigenvalue weighted by molar-refractivity contribution is 5.91. The van der Waals surface area contributed by atoms with Gasteiger partial charge in [-0.25, -0.2) is 4.79 Å². The molecule has 80 valence electrons. The van der Waals surface area contributed by atoms with Crippen LogP contribution in [-0.2, 0) is 11.2 Å². The average Bonchev–Trinajstić information content (AvgIpc) is 3.03. The number of rotatable bonds is 4. The molecule has 1 N–H and O–H groups in total. The molecule has 0 radical (unpaired) electrons. The molecule has 0 amide bonds. The Bertz CT molecular complexity index is 356. The molecule has 0 bridgehead atoms. The van der Waals surface area contributed by atoms with Gasteiger partial charge in [0.15, 0.2) is 6.79 Å². The smallest absolute Gasteiger partial charge is 0.340 e. The first-order chi connectivity index (χ1) is 7.31. The fourth-order valence-electron chi connectivity index (χ4n) is 1.67. The summed E-state index contributed by atoms with van der Waals surface area (Å²) in [7, 11) is 0. The number of carbonyl (C=O) groups excluding carboxylic acids is 1. The number of hydrogen-bond donors (Lipinski definition) is 1. The van der Waals surface area contributed by atoms with Crippen molar-refractivity contribution in [2.45, 2.75) is 19.3 Å². The van der Waals surface area contributed by atoms with E-state index in [0.717, 1.165) is 17.9 Å². The first-order valence-electron chi connectivity index (χ1n) is 5.17. The number of benzene rings is 1. The monoisotopic (exact) mass is 206 g/mol. The van der Waals surface area contributed by atoms with Gasteiger partial charge in [-0.1, -0.05) is 18.2 Å². The Labute approximate surface area is 88.7 Å². The Balaban J connectivity index is 2.16. The van der Waals surface area contributed by atoms with E-state index in [1.807, 2.05) is 18.2 Å². The van der Waals surface area contributed by atoms with Gasteiger partial charge in [0.2, 0.25) is 0 Å². The summed E-state index contributed by atoms with van der Waals surface area (Å²) >= 11 is 0. The second kappa shape index (κ2) is 4.45. The van der Waals surface area contributed by atoms with Crippen LogP contribution in [0.1, 0.15) is 28.8 Å². The van der Waals surface area contributed by atoms with Gasteiger partial charge in [-0.2, -0.15) is 0 Å². The van der Waals surface area contributed by atoms with Crippen molar-refractivity contribution in [3.05, 3.63) is 35.4 Å². The second-order valence-electron chi connectivity index (χ2n) is 3.87. The minimum absolute atomic E-state index is 0.436. The largest absolute Gasteiger partial charge is 0.435 e. The van der Waals surface area contributed by atoms with E-state index >= 15 is 0 Å². The van der Waals surface area contributed by atoms with E-state index < -0.39 is 12.8 Å². The van der Waals surface area contributed by atoms with Crippen LogP contribution in [-0.4, -0.2) is 17.9 Å². The van der Waals surface area contributed by atoms with Crippen LogP contribution in [0, 0.1) is 5.92 Å². The first-order valence-corrected chi connectivity index (χ1v) is 5.17. The van der Waals surface area contributed by atoms with E-state index in [1.54, 1.807) is 6.07 Å². The molecule has 1 aromatic carbocycles. The van der Waals surface area contributed by atoms with Gasteiger partial charge in [-0.3, -0.25) is 0 Å². The first kappa shape index (κ1) is 10.2. The third kappa shape index (κ3) is 2.57. The van der Waals surface area contributed by atoms with Crippen LogP contribution in [0.3, 0.4) is 0 Å². The number of carbonyl (C=O) groups is 1. The lowest BCUT2D eigenvalue weighted by molar-refractivity contribution is 0.00673. The fourth-order valence-corrected chi connectivity index (χ4v) is 1.67. The van der Waals surface area contributed by atoms with Crippen LogP contribution in [0.15, 0.2) is 24.3 Å². The summed E-state index contributed by atoms with van der Waals surface area (Å²) in [6, 6.07) is 7.43. The molecular weight excluding hydrogens is 192 g/mol. The van der Waals surface area contributed by atoms with Crippen LogP contribution in [0.4, 0.5) is 0 Å². The van der Waals surface area contributed by atoms with Crippen molar-refractivity contribution < 1.29 is 14.6 Å². The molecule has 1 aromatic rings. The molecule has 0 spiro atoms. The van der Waals surface area contributed by atoms with E-state index in [0.29, 0.717) is 5.56 Å². The predicted molar refractivity (Wildman–Crippen MR) is 55.4 cm³/mol. The third-order valence-electron chi connectivity index (χ3n) is 2.64. The number of aliphatic hydroxyl groups excluding tert-OH is 1. The molecule has 1 saturated carbocycles. The maximum atomic E-state index is 11.5. The Morgan fingerprint density at radius 2 is 2.13 bits per heavy atom. The summed E-state index contributed by atoms with van der Waals surface area (Å²) in [5.41, 5.74) is 1.61. The van der Waals surface area contributed by atoms with Gasteiger partial charge in [0.05, 0.1) is 5.56 Å². The van der Waals surface area contributed by atoms with Crippen LogP contribution in [0.2, 0.25) is 0 Å². The zero-order chi connectivity index (χ0) is 10.7. The number of aliphatic hydroxyl groups is 1. The van der Waals surface area contributed by atoms with Gasteiger partial charge in [0.25, 0.3) is 0 Å². The quantitative estimate of drug-likeness (QED) is 0.603. The SMILES string of the molecule is O=C(OCO)c1ccccc1CC1CC1. The van der Waals surface area contributed by atoms with E-state index in [-0.39, 0.29) is 0 Å². The number of ether oxygens (including phenoxy) is 1. The van der Waals surface area contributed by atoms with Gasteiger partial charge in [0.1, 0.15) is 0 Å². The lowest BCUT2D eigenvalue weighted by atomic mass is 10.0. The third-order valence-corrected chi connectivity index (χ3v) is 2.64. The van der Waals surface area contributed by atoms with Crippen LogP contribution < -0.4 is 0 Å². The highest BCUT2D eigenvalue weighted by atomic mass is 16.6. The fraction of sp³-hybridized carbons (Fsp3) is 0.417. The molecule has 1 fully saturated rings. The summed E-state index contributed by atoms with van der Waals surface area (Å²) in [6.45, 7) is -0.559. The molecular formula is C12H14O3. The van der Waals surface area contributed by atoms with Crippen molar-refractivity contribution in [3.8, 4) is 0 Å². The number of hydrogen-bond acceptors (Lipinski definition) is 3. The van der Waals surface area contributed by atoms with Crippen molar-refractivity contribution in [1.29, 1.82) is 0 Å². The Hall–Kier alpha value is -1.35. The summed E-state index contributed by atoms with van der Waals surface area (Å²) in [5.74, 6) is 0.293. The van der Waals surface area contributed by atoms with E-state index in [2.05, 4.69) is 4.74 Å². The molecule has 3 nitrogen and oxygen atoms in total. The van der Waals surface area contributed by atoms with Crippen molar-refractivity contribution >= 4 is 5.97 Å². The zero-order valence-electron chi connectivity index (χ0n) is 8.48. The summed E-state index contributed by atoms with van der Waals surface area (Å²) in [6.07, 6.45) is 3.45. The lowest BCUT2D eigenvalue weighted by Crippen LogP contribution is -2.09. The number of esters is 1. The van der Waals surface area contributed by atoms with Gasteiger partial charge < -0.3 is 9.84 Å². The van der Waals surface area contributed by atoms with Crippen LogP contribution in [0.5, 0.6) is 0 Å². The highest BCUT2D eigenvalue weighted by Gasteiger charge is 2.24. The molecule has 0 saturated heterocycles. The van der Waals surface area contributed by atoms with E-state index in [9.17, 15) is 4.79 Å². The average molecular weight is 206 g/mol. The molecule has 15 heavy (non-hydrogen) atoms. The Morgan fingerprint density at radius 3 is 2.80 bits per heavy atom. The topological polar surface area (TPSA) is 46.5 Å². The second-order valence-corrected chi connectivity index (χ2v) is 3.87. The van der Waals surface area contributed by atoms with Crippen molar-refractivity contribution in [2.24, 2.45) is 5.92 Å². The normalized spacial score (nSPS) is 15.0. The maximum absolute atomic E-state index is 11.5. The molecule has 1 aliphatic carbocycles. The molecule has 1 aliphatic rings. The zero-order valence-corrected chi connectivity index (χ0v) is 8.48. The molecule has 3 heteroatoms. The summed E-state index contributed by atoms with van der Waals surface area (Å²) in [4.78, 5) is 11.5. The van der Waals surface area contributed by atoms with Gasteiger partial charge in [-0.05, 0) is 36.8 Å². The van der Waals surface area contributed by atoms with E-state index in [4.69, 9.17) is 5.11 Å². The minimum Gasteiger partial charge on any atom is -0.435 e. The molecule has 0 heterocycles. The van der Waals surface area contributed by atoms with Gasteiger partial charge in [0, 0.05) is 0 Å². The summed E-state index contributed by atoms with van der Waals surface area (Å²) in [5, 5.41) is 8.54. The standard InChI is InChI=1S/C12H14O3/c13-8-15-12(14)11-4-2-1-3-10(11)7-9-5-6-9/h1-4,9,13H,5-8H2. The molecule has 0 aromatic heterocycles. The van der Waals surface area contributed by atoms with E-state index in [1.165, 1.54) is 12.8 Å². The molecule has 0 unspecified atom stereocenters. The Kier molecular flexibility index (Phi) is 3.02. The molecule has 0 aliphatic heterocycles.